The lowest BCUT2D eigenvalue weighted by Gasteiger charge is -2.71. The SMILES string of the molecule is C1COCCN1.CC1(C)CC[C@]2(C(=O)O)CC[C@]3(C)C(=C(c4ccc(N5CCOCC5)nc4)CC4[C@@]5(C)Cc6c(N)n[nH]c6C(C)(C)[C@@H]5CC[C@]43C)[C@@H]2C1.CC1(C)CC[C@]2(C(=O)OCc3ccccc3)CC[C@]3(C)C(=C(c4ccc(F)nc4)CC4[C@@]5(C)Cc6c(N)n[nH]c6C(C)(C)[C@@H]5CC[C@]43C)[C@@H]2C1. The van der Waals surface area contributed by atoms with Crippen LogP contribution in [0.15, 0.2) is 78.1 Å². The van der Waals surface area contributed by atoms with Crippen LogP contribution in [-0.4, -0.2) is 100 Å². The number of H-pyrrole nitrogens is 2. The Hall–Kier alpha value is -6.43. The maximum absolute atomic E-state index is 14.7. The summed E-state index contributed by atoms with van der Waals surface area (Å²) in [5.74, 6) is 2.92. The van der Waals surface area contributed by atoms with Gasteiger partial charge in [-0.25, -0.2) is 9.97 Å². The molecule has 10 aliphatic carbocycles. The van der Waals surface area contributed by atoms with Gasteiger partial charge in [-0.1, -0.05) is 138 Å². The number of aromatic amines is 2. The Kier molecular flexibility index (Phi) is 18.0. The van der Waals surface area contributed by atoms with Crippen LogP contribution in [0.25, 0.3) is 11.1 Å². The molecule has 2 aliphatic heterocycles. The summed E-state index contributed by atoms with van der Waals surface area (Å²) in [7, 11) is 0. The first-order valence-corrected chi connectivity index (χ1v) is 39.9. The van der Waals surface area contributed by atoms with Crippen molar-refractivity contribution < 1.29 is 33.3 Å². The molecule has 4 aromatic heterocycles. The predicted octanol–water partition coefficient (Wildman–Crippen LogP) is 16.9. The smallest absolute Gasteiger partial charge is 0.313 e. The quantitative estimate of drug-likeness (QED) is 0.0657. The lowest BCUT2D eigenvalue weighted by atomic mass is 9.33. The Balaban J connectivity index is 0.000000155. The highest BCUT2D eigenvalue weighted by Crippen LogP contribution is 2.80. The molecule has 562 valence electrons. The third kappa shape index (κ3) is 11.2. The first-order valence-electron chi connectivity index (χ1n) is 39.9. The number of fused-ring (bicyclic) bond motifs is 16. The Bertz CT molecular complexity index is 4160. The maximum atomic E-state index is 14.7. The van der Waals surface area contributed by atoms with Crippen molar-refractivity contribution in [1.29, 1.82) is 0 Å². The first kappa shape index (κ1) is 73.1. The minimum absolute atomic E-state index is 0.00955. The number of hydrogen-bond donors (Lipinski definition) is 6. The Labute approximate surface area is 618 Å². The van der Waals surface area contributed by atoms with Crippen LogP contribution in [0.2, 0.25) is 0 Å². The summed E-state index contributed by atoms with van der Waals surface area (Å²) >= 11 is 0. The molecule has 6 saturated carbocycles. The molecule has 0 bridgehead atoms. The van der Waals surface area contributed by atoms with Gasteiger partial charge in [-0.15, -0.1) is 0 Å². The molecule has 104 heavy (non-hydrogen) atoms. The molecule has 17 heteroatoms. The van der Waals surface area contributed by atoms with Gasteiger partial charge in [-0.05, 0) is 247 Å². The van der Waals surface area contributed by atoms with E-state index in [4.69, 9.17) is 30.7 Å². The number of carbonyl (C=O) groups excluding carboxylic acids is 1. The van der Waals surface area contributed by atoms with E-state index < -0.39 is 22.7 Å². The zero-order valence-corrected chi connectivity index (χ0v) is 65.2. The fourth-order valence-electron chi connectivity index (χ4n) is 26.4. The number of nitrogens with one attached hydrogen (secondary N) is 3. The molecule has 0 amide bonds. The molecule has 16 nitrogen and oxygen atoms in total. The number of pyridine rings is 2. The third-order valence-electron chi connectivity index (χ3n) is 32.3. The van der Waals surface area contributed by atoms with Gasteiger partial charge in [-0.3, -0.25) is 19.8 Å². The Morgan fingerprint density at radius 3 is 1.51 bits per heavy atom. The number of allylic oxidation sites excluding steroid dienone is 4. The van der Waals surface area contributed by atoms with E-state index >= 15 is 0 Å². The number of carboxylic acids is 1. The van der Waals surface area contributed by atoms with E-state index in [1.165, 1.54) is 56.4 Å². The fraction of sp³-hybridized carbons (Fsp3) is 0.678. The summed E-state index contributed by atoms with van der Waals surface area (Å²) in [6.07, 6.45) is 20.9. The van der Waals surface area contributed by atoms with E-state index in [0.29, 0.717) is 35.3 Å². The van der Waals surface area contributed by atoms with Gasteiger partial charge >= 0.3 is 11.9 Å². The number of anilines is 3. The molecular formula is C87H121FN10O6. The highest BCUT2D eigenvalue weighted by atomic mass is 19.1. The number of aromatic nitrogens is 6. The highest BCUT2D eigenvalue weighted by Gasteiger charge is 2.73. The number of aliphatic carboxylic acids is 1. The van der Waals surface area contributed by atoms with Crippen molar-refractivity contribution in [3.05, 3.63) is 123 Å². The number of halogens is 1. The van der Waals surface area contributed by atoms with Crippen molar-refractivity contribution in [2.45, 2.75) is 230 Å². The van der Waals surface area contributed by atoms with Gasteiger partial charge in [0.2, 0.25) is 5.95 Å². The number of carboxylic acid groups (broad SMARTS) is 1. The van der Waals surface area contributed by atoms with Crippen LogP contribution in [0.3, 0.4) is 0 Å². The van der Waals surface area contributed by atoms with E-state index in [9.17, 15) is 19.1 Å². The molecule has 2 unspecified atom stereocenters. The monoisotopic (exact) mass is 1420 g/mol. The summed E-state index contributed by atoms with van der Waals surface area (Å²) in [4.78, 5) is 39.8. The first-order chi connectivity index (χ1) is 49.1. The van der Waals surface area contributed by atoms with Gasteiger partial charge < -0.3 is 41.0 Å². The molecule has 0 spiro atoms. The maximum Gasteiger partial charge on any atom is 0.313 e. The number of nitrogens with two attached hydrogens (primary N) is 2. The van der Waals surface area contributed by atoms with Crippen molar-refractivity contribution in [1.82, 2.24) is 35.7 Å². The van der Waals surface area contributed by atoms with Crippen LogP contribution < -0.4 is 21.7 Å². The fourth-order valence-corrected chi connectivity index (χ4v) is 26.4. The summed E-state index contributed by atoms with van der Waals surface area (Å²) in [6, 6.07) is 18.0. The van der Waals surface area contributed by atoms with Gasteiger partial charge in [0, 0.05) is 71.9 Å². The number of ether oxygens (including phenoxy) is 3. The minimum Gasteiger partial charge on any atom is -0.481 e. The normalized spacial score (nSPS) is 37.4. The average Bonchev–Trinajstić information content (AvgIpc) is 0.747. The largest absolute Gasteiger partial charge is 0.481 e. The van der Waals surface area contributed by atoms with Gasteiger partial charge in [0.25, 0.3) is 0 Å². The Morgan fingerprint density at radius 1 is 0.577 bits per heavy atom. The number of morpholine rings is 2. The lowest BCUT2D eigenvalue weighted by Crippen LogP contribution is -2.65. The molecule has 8 N–H and O–H groups in total. The minimum atomic E-state index is -0.700. The number of esters is 1. The highest BCUT2D eigenvalue weighted by molar-refractivity contribution is 5.83. The zero-order chi connectivity index (χ0) is 73.8. The molecule has 1 aromatic carbocycles. The molecular weight excluding hydrogens is 1300 g/mol. The van der Waals surface area contributed by atoms with E-state index in [1.807, 2.05) is 36.4 Å². The molecule has 0 radical (unpaired) electrons. The lowest BCUT2D eigenvalue weighted by molar-refractivity contribution is -0.181. The summed E-state index contributed by atoms with van der Waals surface area (Å²) in [5, 5.41) is 30.0. The number of benzene rings is 1. The molecule has 2 saturated heterocycles. The van der Waals surface area contributed by atoms with Crippen LogP contribution in [0.1, 0.15) is 239 Å². The summed E-state index contributed by atoms with van der Waals surface area (Å²) < 4.78 is 31.4. The predicted molar refractivity (Wildman–Crippen MR) is 408 cm³/mol. The van der Waals surface area contributed by atoms with Crippen LogP contribution in [-0.2, 0) is 54.1 Å². The molecule has 17 rings (SSSR count). The van der Waals surface area contributed by atoms with Crippen LogP contribution in [0.4, 0.5) is 21.8 Å². The van der Waals surface area contributed by atoms with Crippen molar-refractivity contribution in [2.24, 2.45) is 89.7 Å². The van der Waals surface area contributed by atoms with Crippen molar-refractivity contribution in [3.63, 3.8) is 0 Å². The topological polar surface area (TPSA) is 233 Å². The van der Waals surface area contributed by atoms with E-state index in [-0.39, 0.29) is 78.6 Å². The summed E-state index contributed by atoms with van der Waals surface area (Å²) in [5.41, 5.74) is 25.2. The molecule has 6 heterocycles. The second kappa shape index (κ2) is 25.6. The third-order valence-corrected chi connectivity index (χ3v) is 32.3. The number of nitrogen functional groups attached to an aromatic ring is 2. The van der Waals surface area contributed by atoms with Crippen molar-refractivity contribution >= 4 is 40.5 Å². The summed E-state index contributed by atoms with van der Waals surface area (Å²) in [6.45, 7) is 41.7. The van der Waals surface area contributed by atoms with Gasteiger partial charge in [0.05, 0.1) is 37.3 Å². The van der Waals surface area contributed by atoms with Crippen molar-refractivity contribution in [2.75, 3.05) is 69.0 Å². The second-order valence-electron chi connectivity index (χ2n) is 39.0. The Morgan fingerprint density at radius 2 is 1.05 bits per heavy atom. The molecule has 5 aromatic rings. The van der Waals surface area contributed by atoms with Gasteiger partial charge in [-0.2, -0.15) is 14.6 Å². The molecule has 14 atom stereocenters. The standard InChI is InChI=1S/C43H55FN4O2.C40H57N5O3.C4H9NO/c1-38(2)17-19-43(37(49)50-25-26-11-9-8-10-12-26)20-18-42(7)34(30(43)23-38)28(27-13-14-33(44)46-24-27)21-32-40(5)22-29-35(47-48-36(29)45)39(3,4)31(40)15-16-41(32,42)6;1-35(2)12-14-40(34(46)47)15-13-39(7)31(27(40)22-35)25(24-8-9-30(42-23-24)45-16-18-48-19-17-45)20-29-37(5)21-26-32(43-44-33(26)41)36(3,4)28(37)10-11-38(29,39)6;1-3-6-4-2-5-1/h8-14,24,30-32H,15-23,25H2,1-7H3,(H3,45,47,48);8-9,23,27-29H,10-22H2,1-7H3,(H,46,47)(H3,41,43,44);5H,1-4H2/t30-,31-,32?,40-,41+,42+,43-;27-,28-,29?,37-,38+,39+,40-;/m00./s1. The number of hydrogen-bond acceptors (Lipinski definition) is 13. The van der Waals surface area contributed by atoms with E-state index in [0.717, 1.165) is 185 Å². The van der Waals surface area contributed by atoms with Crippen LogP contribution in [0.5, 0.6) is 0 Å². The van der Waals surface area contributed by atoms with Crippen molar-refractivity contribution in [3.8, 4) is 0 Å². The van der Waals surface area contributed by atoms with Crippen LogP contribution >= 0.6 is 0 Å². The van der Waals surface area contributed by atoms with Gasteiger partial charge in [0.15, 0.2) is 0 Å². The molecule has 12 aliphatic rings. The number of rotatable bonds is 7. The average molecular weight is 1420 g/mol. The van der Waals surface area contributed by atoms with Crippen LogP contribution in [0, 0.1) is 95.6 Å². The number of nitrogens with zero attached hydrogens (tertiary/aromatic N) is 5. The van der Waals surface area contributed by atoms with E-state index in [1.54, 1.807) is 6.20 Å². The molecule has 8 fully saturated rings. The number of carbonyl (C=O) groups is 2. The zero-order valence-electron chi connectivity index (χ0n) is 65.2. The second-order valence-corrected chi connectivity index (χ2v) is 39.0. The van der Waals surface area contributed by atoms with Gasteiger partial charge in [0.1, 0.15) is 24.1 Å². The van der Waals surface area contributed by atoms with E-state index in [2.05, 4.69) is 151 Å².